The number of pyridine rings is 1. The molecule has 2 aromatic rings. The Morgan fingerprint density at radius 2 is 1.95 bits per heavy atom. The van der Waals surface area contributed by atoms with E-state index in [4.69, 9.17) is 23.2 Å². The summed E-state index contributed by atoms with van der Waals surface area (Å²) in [5, 5.41) is 0.512. The number of aromatic nitrogens is 1. The van der Waals surface area contributed by atoms with Gasteiger partial charge in [0.1, 0.15) is 0 Å². The van der Waals surface area contributed by atoms with Gasteiger partial charge in [-0.2, -0.15) is 0 Å². The fourth-order valence-corrected chi connectivity index (χ4v) is 3.27. The van der Waals surface area contributed by atoms with Gasteiger partial charge in [0.15, 0.2) is 5.15 Å². The molecule has 100 valence electrons. The molecular formula is C11H7BrCl2N2O2S. The molecule has 0 atom stereocenters. The largest absolute Gasteiger partial charge is 0.276 e. The van der Waals surface area contributed by atoms with Crippen molar-refractivity contribution in [3.63, 3.8) is 0 Å². The number of anilines is 1. The van der Waals surface area contributed by atoms with E-state index in [9.17, 15) is 8.42 Å². The Morgan fingerprint density at radius 1 is 1.21 bits per heavy atom. The zero-order valence-electron chi connectivity index (χ0n) is 9.27. The van der Waals surface area contributed by atoms with E-state index in [1.165, 1.54) is 30.5 Å². The molecule has 19 heavy (non-hydrogen) atoms. The minimum Gasteiger partial charge on any atom is -0.276 e. The van der Waals surface area contributed by atoms with Crippen molar-refractivity contribution in [3.8, 4) is 0 Å². The van der Waals surface area contributed by atoms with Crippen molar-refractivity contribution in [2.75, 3.05) is 4.72 Å². The molecule has 0 amide bonds. The van der Waals surface area contributed by atoms with Crippen LogP contribution in [0.4, 0.5) is 5.69 Å². The normalized spacial score (nSPS) is 11.3. The summed E-state index contributed by atoms with van der Waals surface area (Å²) in [7, 11) is -3.74. The molecule has 1 aromatic carbocycles. The first kappa shape index (κ1) is 14.6. The first-order chi connectivity index (χ1) is 8.90. The summed E-state index contributed by atoms with van der Waals surface area (Å²) in [5.74, 6) is 0. The lowest BCUT2D eigenvalue weighted by molar-refractivity contribution is 0.601. The number of hydrogen-bond donors (Lipinski definition) is 1. The minimum atomic E-state index is -3.74. The van der Waals surface area contributed by atoms with Gasteiger partial charge in [0, 0.05) is 10.7 Å². The van der Waals surface area contributed by atoms with E-state index in [0.717, 1.165) is 0 Å². The van der Waals surface area contributed by atoms with E-state index in [2.05, 4.69) is 25.6 Å². The van der Waals surface area contributed by atoms with Crippen molar-refractivity contribution in [2.45, 2.75) is 4.90 Å². The van der Waals surface area contributed by atoms with Gasteiger partial charge < -0.3 is 0 Å². The van der Waals surface area contributed by atoms with Crippen LogP contribution in [0.2, 0.25) is 10.2 Å². The third-order valence-corrected chi connectivity index (χ3v) is 5.08. The van der Waals surface area contributed by atoms with Crippen LogP contribution in [-0.4, -0.2) is 13.4 Å². The van der Waals surface area contributed by atoms with Gasteiger partial charge >= 0.3 is 0 Å². The van der Waals surface area contributed by atoms with Crippen molar-refractivity contribution in [1.29, 1.82) is 0 Å². The van der Waals surface area contributed by atoms with Gasteiger partial charge in [0.2, 0.25) is 0 Å². The maximum atomic E-state index is 12.2. The Labute approximate surface area is 128 Å². The van der Waals surface area contributed by atoms with Crippen LogP contribution in [0.5, 0.6) is 0 Å². The number of nitrogens with one attached hydrogen (secondary N) is 1. The van der Waals surface area contributed by atoms with Crippen molar-refractivity contribution in [3.05, 3.63) is 51.2 Å². The Morgan fingerprint density at radius 3 is 2.58 bits per heavy atom. The number of rotatable bonds is 3. The summed E-state index contributed by atoms with van der Waals surface area (Å²) in [4.78, 5) is 3.87. The molecule has 0 aliphatic rings. The van der Waals surface area contributed by atoms with E-state index in [1.54, 1.807) is 6.07 Å². The molecule has 1 N–H and O–H groups in total. The van der Waals surface area contributed by atoms with E-state index >= 15 is 0 Å². The predicted octanol–water partition coefficient (Wildman–Crippen LogP) is 3.95. The van der Waals surface area contributed by atoms with Crippen molar-refractivity contribution < 1.29 is 8.42 Å². The highest BCUT2D eigenvalue weighted by molar-refractivity contribution is 9.10. The zero-order valence-corrected chi connectivity index (χ0v) is 13.2. The van der Waals surface area contributed by atoms with Crippen molar-refractivity contribution in [2.24, 2.45) is 0 Å². The molecule has 0 aliphatic carbocycles. The highest BCUT2D eigenvalue weighted by atomic mass is 79.9. The van der Waals surface area contributed by atoms with Gasteiger partial charge in [-0.15, -0.1) is 0 Å². The molecule has 8 heteroatoms. The lowest BCUT2D eigenvalue weighted by Crippen LogP contribution is -2.13. The first-order valence-corrected chi connectivity index (χ1v) is 8.02. The average Bonchev–Trinajstić information content (AvgIpc) is 2.35. The molecule has 4 nitrogen and oxygen atoms in total. The van der Waals surface area contributed by atoms with E-state index in [-0.39, 0.29) is 15.7 Å². The Kier molecular flexibility index (Phi) is 4.35. The second kappa shape index (κ2) is 5.66. The number of nitrogens with zero attached hydrogens (tertiary/aromatic N) is 1. The molecule has 0 fully saturated rings. The quantitative estimate of drug-likeness (QED) is 0.818. The van der Waals surface area contributed by atoms with E-state index in [1.807, 2.05) is 0 Å². The second-order valence-electron chi connectivity index (χ2n) is 3.52. The van der Waals surface area contributed by atoms with Crippen LogP contribution in [0.3, 0.4) is 0 Å². The van der Waals surface area contributed by atoms with Gasteiger partial charge in [-0.05, 0) is 46.3 Å². The molecule has 0 aliphatic heterocycles. The van der Waals surface area contributed by atoms with Crippen LogP contribution in [0, 0.1) is 0 Å². The Balaban J connectivity index is 2.38. The van der Waals surface area contributed by atoms with Gasteiger partial charge in [0.25, 0.3) is 10.0 Å². The van der Waals surface area contributed by atoms with Gasteiger partial charge in [-0.25, -0.2) is 13.4 Å². The van der Waals surface area contributed by atoms with Crippen LogP contribution in [0.15, 0.2) is 45.9 Å². The maximum absolute atomic E-state index is 12.2. The zero-order chi connectivity index (χ0) is 14.0. The average molecular weight is 382 g/mol. The van der Waals surface area contributed by atoms with E-state index < -0.39 is 10.0 Å². The van der Waals surface area contributed by atoms with Crippen LogP contribution in [0.1, 0.15) is 0 Å². The Bertz CT molecular complexity index is 722. The summed E-state index contributed by atoms with van der Waals surface area (Å²) in [6.07, 6.45) is 1.47. The molecule has 1 heterocycles. The third-order valence-electron chi connectivity index (χ3n) is 2.20. The predicted molar refractivity (Wildman–Crippen MR) is 79.2 cm³/mol. The number of hydrogen-bond acceptors (Lipinski definition) is 3. The molecule has 0 radical (unpaired) electrons. The number of benzene rings is 1. The molecule has 1 aromatic heterocycles. The van der Waals surface area contributed by atoms with Gasteiger partial charge in [-0.1, -0.05) is 23.2 Å². The molecule has 0 spiro atoms. The molecule has 0 saturated heterocycles. The summed E-state index contributed by atoms with van der Waals surface area (Å²) in [6, 6.07) is 7.42. The lowest BCUT2D eigenvalue weighted by atomic mass is 10.4. The lowest BCUT2D eigenvalue weighted by Gasteiger charge is -2.09. The van der Waals surface area contributed by atoms with Gasteiger partial charge in [0.05, 0.1) is 15.6 Å². The summed E-state index contributed by atoms with van der Waals surface area (Å²) in [5.41, 5.74) is 0.218. The monoisotopic (exact) mass is 380 g/mol. The number of sulfonamides is 1. The summed E-state index contributed by atoms with van der Waals surface area (Å²) < 4.78 is 27.2. The third kappa shape index (κ3) is 3.39. The molecule has 0 unspecified atom stereocenters. The molecule has 0 saturated carbocycles. The van der Waals surface area contributed by atoms with Crippen molar-refractivity contribution in [1.82, 2.24) is 4.98 Å². The first-order valence-electron chi connectivity index (χ1n) is 4.98. The topological polar surface area (TPSA) is 59.1 Å². The fraction of sp³-hybridized carbons (Fsp3) is 0. The maximum Gasteiger partial charge on any atom is 0.262 e. The molecule has 2 rings (SSSR count). The minimum absolute atomic E-state index is 0.0729. The van der Waals surface area contributed by atoms with Crippen LogP contribution < -0.4 is 4.72 Å². The van der Waals surface area contributed by atoms with Crippen molar-refractivity contribution >= 4 is 54.8 Å². The Hall–Kier alpha value is -0.820. The standard InChI is InChI=1S/C11H7BrCl2N2O2S/c12-8-6-7(3-4-9(8)13)19(17,18)16-10-2-1-5-15-11(10)14/h1-6,16H. The summed E-state index contributed by atoms with van der Waals surface area (Å²) >= 11 is 14.8. The van der Waals surface area contributed by atoms with E-state index in [0.29, 0.717) is 9.50 Å². The number of halogens is 3. The smallest absolute Gasteiger partial charge is 0.262 e. The summed E-state index contributed by atoms with van der Waals surface area (Å²) in [6.45, 7) is 0. The SMILES string of the molecule is O=S(=O)(Nc1cccnc1Cl)c1ccc(Cl)c(Br)c1. The second-order valence-corrected chi connectivity index (χ2v) is 6.83. The fourth-order valence-electron chi connectivity index (χ4n) is 1.31. The van der Waals surface area contributed by atoms with Crippen LogP contribution in [0.25, 0.3) is 0 Å². The highest BCUT2D eigenvalue weighted by Crippen LogP contribution is 2.27. The highest BCUT2D eigenvalue weighted by Gasteiger charge is 2.17. The van der Waals surface area contributed by atoms with Crippen LogP contribution in [-0.2, 0) is 10.0 Å². The molecule has 0 bridgehead atoms. The van der Waals surface area contributed by atoms with Crippen LogP contribution >= 0.6 is 39.1 Å². The van der Waals surface area contributed by atoms with Gasteiger partial charge in [-0.3, -0.25) is 4.72 Å². The molecular weight excluding hydrogens is 375 g/mol.